The number of nitrogens with one attached hydrogen (secondary N) is 1. The molecule has 0 aromatic carbocycles. The molecule has 18 heavy (non-hydrogen) atoms. The average molecular weight is 267 g/mol. The number of thiophene rings is 1. The summed E-state index contributed by atoms with van der Waals surface area (Å²) in [6.07, 6.45) is 0. The van der Waals surface area contributed by atoms with Crippen molar-refractivity contribution in [3.8, 4) is 0 Å². The summed E-state index contributed by atoms with van der Waals surface area (Å²) in [5.41, 5.74) is 3.81. The molecule has 1 fully saturated rings. The molecule has 1 aromatic heterocycles. The molecule has 1 N–H and O–H groups in total. The van der Waals surface area contributed by atoms with Gasteiger partial charge >= 0.3 is 0 Å². The van der Waals surface area contributed by atoms with Gasteiger partial charge in [0, 0.05) is 42.5 Å². The fourth-order valence-electron chi connectivity index (χ4n) is 2.03. The van der Waals surface area contributed by atoms with Crippen molar-refractivity contribution in [2.75, 3.05) is 33.2 Å². The molecule has 1 saturated heterocycles. The highest BCUT2D eigenvalue weighted by Crippen LogP contribution is 2.29. The SMILES string of the molecule is CN1CCN(NCc2ccc(C(C)(C)C)s2)CC1. The summed E-state index contributed by atoms with van der Waals surface area (Å²) in [6, 6.07) is 4.53. The molecule has 4 heteroatoms. The van der Waals surface area contributed by atoms with Crippen LogP contribution >= 0.6 is 11.3 Å². The van der Waals surface area contributed by atoms with E-state index in [4.69, 9.17) is 0 Å². The van der Waals surface area contributed by atoms with Crippen LogP contribution in [0.2, 0.25) is 0 Å². The summed E-state index contributed by atoms with van der Waals surface area (Å²) in [5.74, 6) is 0. The molecule has 0 amide bonds. The third-order valence-electron chi connectivity index (χ3n) is 3.38. The van der Waals surface area contributed by atoms with Crippen LogP contribution in [0.5, 0.6) is 0 Å². The number of hydrogen-bond donors (Lipinski definition) is 1. The lowest BCUT2D eigenvalue weighted by molar-refractivity contribution is 0.102. The summed E-state index contributed by atoms with van der Waals surface area (Å²) in [4.78, 5) is 5.28. The van der Waals surface area contributed by atoms with E-state index in [0.717, 1.165) is 32.7 Å². The molecule has 3 nitrogen and oxygen atoms in total. The minimum atomic E-state index is 0.275. The number of nitrogens with zero attached hydrogens (tertiary/aromatic N) is 2. The van der Waals surface area contributed by atoms with E-state index in [1.54, 1.807) is 0 Å². The lowest BCUT2D eigenvalue weighted by atomic mass is 9.95. The van der Waals surface area contributed by atoms with Crippen molar-refractivity contribution in [1.29, 1.82) is 0 Å². The van der Waals surface area contributed by atoms with Gasteiger partial charge < -0.3 is 4.90 Å². The van der Waals surface area contributed by atoms with Gasteiger partial charge in [0.1, 0.15) is 0 Å². The van der Waals surface area contributed by atoms with E-state index in [-0.39, 0.29) is 5.41 Å². The highest BCUT2D eigenvalue weighted by atomic mass is 32.1. The Hall–Kier alpha value is -0.420. The van der Waals surface area contributed by atoms with Crippen LogP contribution in [0.3, 0.4) is 0 Å². The van der Waals surface area contributed by atoms with E-state index < -0.39 is 0 Å². The Labute approximate surface area is 115 Å². The second kappa shape index (κ2) is 5.70. The maximum Gasteiger partial charge on any atom is 0.0447 e. The third-order valence-corrected chi connectivity index (χ3v) is 4.89. The number of hydrazine groups is 1. The average Bonchev–Trinajstić information content (AvgIpc) is 2.77. The monoisotopic (exact) mass is 267 g/mol. The zero-order valence-corrected chi connectivity index (χ0v) is 12.8. The van der Waals surface area contributed by atoms with E-state index in [9.17, 15) is 0 Å². The van der Waals surface area contributed by atoms with Gasteiger partial charge in [0.25, 0.3) is 0 Å². The quantitative estimate of drug-likeness (QED) is 0.906. The molecule has 1 aliphatic heterocycles. The largest absolute Gasteiger partial charge is 0.304 e. The summed E-state index contributed by atoms with van der Waals surface area (Å²) in [6.45, 7) is 12.3. The van der Waals surface area contributed by atoms with Gasteiger partial charge in [-0.1, -0.05) is 20.8 Å². The van der Waals surface area contributed by atoms with Crippen molar-refractivity contribution >= 4 is 11.3 Å². The van der Waals surface area contributed by atoms with Crippen LogP contribution in [0, 0.1) is 0 Å². The fourth-order valence-corrected chi connectivity index (χ4v) is 3.03. The maximum atomic E-state index is 3.54. The van der Waals surface area contributed by atoms with Crippen LogP contribution in [0.4, 0.5) is 0 Å². The first-order valence-corrected chi connectivity index (χ1v) is 7.53. The highest BCUT2D eigenvalue weighted by Gasteiger charge is 2.17. The molecule has 0 unspecified atom stereocenters. The zero-order valence-electron chi connectivity index (χ0n) is 12.0. The molecule has 1 aromatic rings. The van der Waals surface area contributed by atoms with Gasteiger partial charge in [-0.25, -0.2) is 10.4 Å². The third kappa shape index (κ3) is 3.79. The molecule has 0 bridgehead atoms. The molecule has 102 valence electrons. The van der Waals surface area contributed by atoms with Crippen molar-refractivity contribution in [3.05, 3.63) is 21.9 Å². The molecule has 2 heterocycles. The lowest BCUT2D eigenvalue weighted by Gasteiger charge is -2.32. The second-order valence-electron chi connectivity index (χ2n) is 6.14. The first-order chi connectivity index (χ1) is 8.45. The molecular weight excluding hydrogens is 242 g/mol. The minimum absolute atomic E-state index is 0.275. The standard InChI is InChI=1S/C14H25N3S/c1-14(2,3)13-6-5-12(18-13)11-15-17-9-7-16(4)8-10-17/h5-6,15H,7-11H2,1-4H3. The molecule has 0 radical (unpaired) electrons. The van der Waals surface area contributed by atoms with Gasteiger partial charge in [-0.3, -0.25) is 0 Å². The van der Waals surface area contributed by atoms with Crippen LogP contribution in [0.25, 0.3) is 0 Å². The van der Waals surface area contributed by atoms with E-state index in [2.05, 4.69) is 55.3 Å². The van der Waals surface area contributed by atoms with Crippen LogP contribution < -0.4 is 5.43 Å². The Morgan fingerprint density at radius 2 is 1.83 bits per heavy atom. The van der Waals surface area contributed by atoms with E-state index in [0.29, 0.717) is 0 Å². The van der Waals surface area contributed by atoms with Crippen LogP contribution in [-0.2, 0) is 12.0 Å². The van der Waals surface area contributed by atoms with Gasteiger partial charge in [0.15, 0.2) is 0 Å². The predicted molar refractivity (Wildman–Crippen MR) is 78.9 cm³/mol. The first-order valence-electron chi connectivity index (χ1n) is 6.71. The van der Waals surface area contributed by atoms with Crippen molar-refractivity contribution in [2.45, 2.75) is 32.7 Å². The molecule has 0 saturated carbocycles. The molecule has 0 atom stereocenters. The van der Waals surface area contributed by atoms with Gasteiger partial charge in [0.05, 0.1) is 0 Å². The number of rotatable bonds is 3. The van der Waals surface area contributed by atoms with Crippen LogP contribution in [0.15, 0.2) is 12.1 Å². The van der Waals surface area contributed by atoms with Crippen molar-refractivity contribution in [1.82, 2.24) is 15.3 Å². The second-order valence-corrected chi connectivity index (χ2v) is 7.31. The van der Waals surface area contributed by atoms with Crippen molar-refractivity contribution in [2.24, 2.45) is 0 Å². The van der Waals surface area contributed by atoms with E-state index in [1.165, 1.54) is 9.75 Å². The number of hydrogen-bond acceptors (Lipinski definition) is 4. The molecule has 0 spiro atoms. The fraction of sp³-hybridized carbons (Fsp3) is 0.714. The van der Waals surface area contributed by atoms with Crippen LogP contribution in [-0.4, -0.2) is 43.1 Å². The molecule has 2 rings (SSSR count). The van der Waals surface area contributed by atoms with Gasteiger partial charge in [0.2, 0.25) is 0 Å². The Morgan fingerprint density at radius 1 is 1.17 bits per heavy atom. The number of likely N-dealkylation sites (N-methyl/N-ethyl adjacent to an activating group) is 1. The molecule has 0 aliphatic carbocycles. The number of piperazine rings is 1. The normalized spacial score (nSPS) is 19.3. The summed E-state index contributed by atoms with van der Waals surface area (Å²) in [5, 5.41) is 2.34. The van der Waals surface area contributed by atoms with Gasteiger partial charge in [-0.2, -0.15) is 0 Å². The molecule has 1 aliphatic rings. The Bertz CT molecular complexity index is 373. The zero-order chi connectivity index (χ0) is 13.2. The minimum Gasteiger partial charge on any atom is -0.304 e. The highest BCUT2D eigenvalue weighted by molar-refractivity contribution is 7.12. The molecular formula is C14H25N3S. The van der Waals surface area contributed by atoms with Crippen LogP contribution in [0.1, 0.15) is 30.5 Å². The van der Waals surface area contributed by atoms with Gasteiger partial charge in [-0.15, -0.1) is 11.3 Å². The summed E-state index contributed by atoms with van der Waals surface area (Å²) < 4.78 is 0. The van der Waals surface area contributed by atoms with Gasteiger partial charge in [-0.05, 0) is 24.6 Å². The predicted octanol–water partition coefficient (Wildman–Crippen LogP) is 2.30. The van der Waals surface area contributed by atoms with Crippen molar-refractivity contribution < 1.29 is 0 Å². The Kier molecular flexibility index (Phi) is 4.43. The summed E-state index contributed by atoms with van der Waals surface area (Å²) in [7, 11) is 2.19. The maximum absolute atomic E-state index is 3.54. The summed E-state index contributed by atoms with van der Waals surface area (Å²) >= 11 is 1.93. The van der Waals surface area contributed by atoms with E-state index in [1.807, 2.05) is 11.3 Å². The topological polar surface area (TPSA) is 18.5 Å². The first kappa shape index (κ1) is 14.0. The lowest BCUT2D eigenvalue weighted by Crippen LogP contribution is -2.50. The van der Waals surface area contributed by atoms with E-state index >= 15 is 0 Å². The Morgan fingerprint density at radius 3 is 2.39 bits per heavy atom. The smallest absolute Gasteiger partial charge is 0.0447 e. The van der Waals surface area contributed by atoms with Crippen molar-refractivity contribution in [3.63, 3.8) is 0 Å². The Balaban J connectivity index is 1.82.